The van der Waals surface area contributed by atoms with Crippen molar-refractivity contribution in [1.82, 2.24) is 0 Å². The predicted octanol–water partition coefficient (Wildman–Crippen LogP) is 15.8. The molecule has 0 saturated carbocycles. The SMILES string of the molecule is CCCCCCCCCCCCCCCCCCCCCC(=O)OC[C@H](COC(=O)CCCCCCCCC(C)C)OC(=O)CCCCCCCCCC(C)C. The number of hydrogen-bond donors (Lipinski definition) is 0. The van der Waals surface area contributed by atoms with E-state index in [0.29, 0.717) is 19.3 Å². The molecule has 0 fully saturated rings. The Morgan fingerprint density at radius 3 is 0.875 bits per heavy atom. The number of ether oxygens (including phenoxy) is 3. The zero-order chi connectivity index (χ0) is 41.2. The van der Waals surface area contributed by atoms with Crippen molar-refractivity contribution in [3.05, 3.63) is 0 Å². The molecule has 0 rings (SSSR count). The van der Waals surface area contributed by atoms with Crippen molar-refractivity contribution in [2.45, 2.75) is 278 Å². The maximum absolute atomic E-state index is 12.7. The van der Waals surface area contributed by atoms with E-state index in [4.69, 9.17) is 14.2 Å². The zero-order valence-corrected chi connectivity index (χ0v) is 38.3. The fourth-order valence-corrected chi connectivity index (χ4v) is 7.46. The second-order valence-corrected chi connectivity index (χ2v) is 18.1. The van der Waals surface area contributed by atoms with E-state index in [9.17, 15) is 14.4 Å². The van der Waals surface area contributed by atoms with Gasteiger partial charge in [-0.1, -0.05) is 234 Å². The lowest BCUT2D eigenvalue weighted by Crippen LogP contribution is -2.30. The Labute approximate surface area is 348 Å². The van der Waals surface area contributed by atoms with Crippen LogP contribution in [0, 0.1) is 11.8 Å². The molecule has 0 amide bonds. The van der Waals surface area contributed by atoms with Crippen LogP contribution in [-0.4, -0.2) is 37.2 Å². The van der Waals surface area contributed by atoms with Gasteiger partial charge in [-0.3, -0.25) is 14.4 Å². The molecule has 0 saturated heterocycles. The summed E-state index contributed by atoms with van der Waals surface area (Å²) in [5.74, 6) is 0.680. The minimum Gasteiger partial charge on any atom is -0.462 e. The molecule has 0 radical (unpaired) electrons. The molecule has 6 nitrogen and oxygen atoms in total. The van der Waals surface area contributed by atoms with Gasteiger partial charge in [0.05, 0.1) is 0 Å². The minimum absolute atomic E-state index is 0.0657. The number of carbonyl (C=O) groups is 3. The van der Waals surface area contributed by atoms with Gasteiger partial charge < -0.3 is 14.2 Å². The molecule has 0 aromatic heterocycles. The summed E-state index contributed by atoms with van der Waals surface area (Å²) < 4.78 is 16.7. The van der Waals surface area contributed by atoms with Crippen molar-refractivity contribution >= 4 is 17.9 Å². The van der Waals surface area contributed by atoms with Crippen molar-refractivity contribution in [2.75, 3.05) is 13.2 Å². The molecule has 0 aliphatic heterocycles. The molecule has 0 spiro atoms. The summed E-state index contributed by atoms with van der Waals surface area (Å²) in [5, 5.41) is 0. The highest BCUT2D eigenvalue weighted by molar-refractivity contribution is 5.71. The summed E-state index contributed by atoms with van der Waals surface area (Å²) in [7, 11) is 0. The van der Waals surface area contributed by atoms with E-state index in [-0.39, 0.29) is 31.1 Å². The molecule has 0 bridgehead atoms. The van der Waals surface area contributed by atoms with E-state index < -0.39 is 6.10 Å². The van der Waals surface area contributed by atoms with E-state index in [2.05, 4.69) is 34.6 Å². The van der Waals surface area contributed by atoms with E-state index in [1.54, 1.807) is 0 Å². The lowest BCUT2D eigenvalue weighted by molar-refractivity contribution is -0.167. The van der Waals surface area contributed by atoms with Crippen LogP contribution in [0.3, 0.4) is 0 Å². The van der Waals surface area contributed by atoms with Crippen LogP contribution in [0.4, 0.5) is 0 Å². The van der Waals surface area contributed by atoms with E-state index >= 15 is 0 Å². The number of esters is 3. The highest BCUT2D eigenvalue weighted by atomic mass is 16.6. The first-order valence-electron chi connectivity index (χ1n) is 24.7. The third kappa shape index (κ3) is 43.5. The molecule has 332 valence electrons. The third-order valence-corrected chi connectivity index (χ3v) is 11.2. The average molecular weight is 793 g/mol. The van der Waals surface area contributed by atoms with Crippen LogP contribution in [0.1, 0.15) is 272 Å². The largest absolute Gasteiger partial charge is 0.462 e. The van der Waals surface area contributed by atoms with Crippen LogP contribution in [0.25, 0.3) is 0 Å². The average Bonchev–Trinajstić information content (AvgIpc) is 3.16. The number of unbranched alkanes of at least 4 members (excludes halogenated alkanes) is 29. The Balaban J connectivity index is 4.19. The summed E-state index contributed by atoms with van der Waals surface area (Å²) in [6.45, 7) is 11.2. The molecule has 0 aliphatic carbocycles. The van der Waals surface area contributed by atoms with E-state index in [1.807, 2.05) is 0 Å². The second kappa shape index (κ2) is 43.0. The first-order chi connectivity index (χ1) is 27.2. The number of rotatable bonds is 44. The van der Waals surface area contributed by atoms with Crippen LogP contribution < -0.4 is 0 Å². The van der Waals surface area contributed by atoms with Gasteiger partial charge in [-0.15, -0.1) is 0 Å². The van der Waals surface area contributed by atoms with Gasteiger partial charge in [0.15, 0.2) is 6.10 Å². The van der Waals surface area contributed by atoms with Crippen molar-refractivity contribution in [1.29, 1.82) is 0 Å². The number of hydrogen-bond acceptors (Lipinski definition) is 6. The van der Waals surface area contributed by atoms with Gasteiger partial charge in [-0.2, -0.15) is 0 Å². The highest BCUT2D eigenvalue weighted by Crippen LogP contribution is 2.17. The predicted molar refractivity (Wildman–Crippen MR) is 238 cm³/mol. The van der Waals surface area contributed by atoms with Crippen molar-refractivity contribution in [2.24, 2.45) is 11.8 Å². The van der Waals surface area contributed by atoms with Gasteiger partial charge in [0.1, 0.15) is 13.2 Å². The van der Waals surface area contributed by atoms with Gasteiger partial charge in [0.25, 0.3) is 0 Å². The molecular weight excluding hydrogens is 697 g/mol. The topological polar surface area (TPSA) is 78.9 Å². The summed E-state index contributed by atoms with van der Waals surface area (Å²) in [4.78, 5) is 37.7. The van der Waals surface area contributed by atoms with Gasteiger partial charge in [-0.05, 0) is 31.1 Å². The van der Waals surface area contributed by atoms with Crippen LogP contribution in [0.15, 0.2) is 0 Å². The van der Waals surface area contributed by atoms with Crippen molar-refractivity contribution < 1.29 is 28.6 Å². The van der Waals surface area contributed by atoms with Crippen LogP contribution in [-0.2, 0) is 28.6 Å². The quantitative estimate of drug-likeness (QED) is 0.0347. The standard InChI is InChI=1S/C50H96O6/c1-6-7-8-9-10-11-12-13-14-15-16-17-18-19-20-21-24-30-35-40-48(51)54-43-47(44-55-49(52)41-36-31-27-26-29-34-39-46(4)5)56-50(53)42-37-32-25-22-23-28-33-38-45(2)3/h45-47H,6-44H2,1-5H3/t47-/m1/s1. The molecule has 0 aromatic carbocycles. The molecule has 1 atom stereocenters. The molecule has 0 N–H and O–H groups in total. The lowest BCUT2D eigenvalue weighted by Gasteiger charge is -2.18. The smallest absolute Gasteiger partial charge is 0.306 e. The van der Waals surface area contributed by atoms with Gasteiger partial charge in [-0.25, -0.2) is 0 Å². The van der Waals surface area contributed by atoms with E-state index in [0.717, 1.165) is 69.6 Å². The Bertz CT molecular complexity index is 854. The summed E-state index contributed by atoms with van der Waals surface area (Å²) in [5.41, 5.74) is 0. The molecule has 0 aliphatic rings. The molecular formula is C50H96O6. The molecule has 0 heterocycles. The Kier molecular flexibility index (Phi) is 41.8. The first kappa shape index (κ1) is 54.4. The highest BCUT2D eigenvalue weighted by Gasteiger charge is 2.19. The molecule has 0 aromatic rings. The van der Waals surface area contributed by atoms with Crippen LogP contribution >= 0.6 is 0 Å². The van der Waals surface area contributed by atoms with Crippen LogP contribution in [0.2, 0.25) is 0 Å². The summed E-state index contributed by atoms with van der Waals surface area (Å²) >= 11 is 0. The van der Waals surface area contributed by atoms with Gasteiger partial charge in [0, 0.05) is 19.3 Å². The fourth-order valence-electron chi connectivity index (χ4n) is 7.46. The Morgan fingerprint density at radius 1 is 0.339 bits per heavy atom. The zero-order valence-electron chi connectivity index (χ0n) is 38.3. The van der Waals surface area contributed by atoms with Crippen molar-refractivity contribution in [3.63, 3.8) is 0 Å². The fraction of sp³-hybridized carbons (Fsp3) is 0.940. The number of carbonyl (C=O) groups excluding carboxylic acids is 3. The van der Waals surface area contributed by atoms with Gasteiger partial charge in [0.2, 0.25) is 0 Å². The lowest BCUT2D eigenvalue weighted by atomic mass is 10.0. The Hall–Kier alpha value is -1.59. The van der Waals surface area contributed by atoms with Gasteiger partial charge >= 0.3 is 17.9 Å². The molecule has 6 heteroatoms. The first-order valence-corrected chi connectivity index (χ1v) is 24.7. The minimum atomic E-state index is -0.762. The maximum Gasteiger partial charge on any atom is 0.306 e. The van der Waals surface area contributed by atoms with Crippen LogP contribution in [0.5, 0.6) is 0 Å². The van der Waals surface area contributed by atoms with Crippen molar-refractivity contribution in [3.8, 4) is 0 Å². The molecule has 0 unspecified atom stereocenters. The summed E-state index contributed by atoms with van der Waals surface area (Å²) in [6.07, 6.45) is 42.6. The second-order valence-electron chi connectivity index (χ2n) is 18.1. The molecule has 56 heavy (non-hydrogen) atoms. The van der Waals surface area contributed by atoms with E-state index in [1.165, 1.54) is 161 Å². The normalized spacial score (nSPS) is 12.1. The summed E-state index contributed by atoms with van der Waals surface area (Å²) in [6, 6.07) is 0. The monoisotopic (exact) mass is 793 g/mol. The Morgan fingerprint density at radius 2 is 0.589 bits per heavy atom. The maximum atomic E-state index is 12.7. The third-order valence-electron chi connectivity index (χ3n) is 11.2.